The molecule has 0 aliphatic heterocycles. The number of aromatic nitrogens is 1. The molecule has 2 rings (SSSR count). The molecule has 0 bridgehead atoms. The summed E-state index contributed by atoms with van der Waals surface area (Å²) in [6, 6.07) is 10.3. The second kappa shape index (κ2) is 5.12. The van der Waals surface area contributed by atoms with E-state index in [1.165, 1.54) is 11.1 Å². The Morgan fingerprint density at radius 3 is 2.88 bits per heavy atom. The van der Waals surface area contributed by atoms with Gasteiger partial charge in [-0.2, -0.15) is 0 Å². The van der Waals surface area contributed by atoms with Crippen LogP contribution in [0.25, 0.3) is 0 Å². The summed E-state index contributed by atoms with van der Waals surface area (Å²) in [6.45, 7) is 2.90. The molecule has 0 fully saturated rings. The lowest BCUT2D eigenvalue weighted by atomic mass is 10.1. The number of hydrogen-bond donors (Lipinski definition) is 1. The van der Waals surface area contributed by atoms with Gasteiger partial charge in [-0.1, -0.05) is 28.1 Å². The van der Waals surface area contributed by atoms with Crippen LogP contribution in [0.5, 0.6) is 0 Å². The molecule has 0 radical (unpaired) electrons. The first-order valence-corrected chi connectivity index (χ1v) is 5.94. The lowest BCUT2D eigenvalue weighted by molar-refractivity contribution is 1.13. The Morgan fingerprint density at radius 1 is 1.31 bits per heavy atom. The van der Waals surface area contributed by atoms with Gasteiger partial charge < -0.3 is 5.32 Å². The summed E-state index contributed by atoms with van der Waals surface area (Å²) >= 11 is 3.53. The highest BCUT2D eigenvalue weighted by Gasteiger charge is 1.97. The third-order valence-electron chi connectivity index (χ3n) is 2.39. The molecule has 0 atom stereocenters. The van der Waals surface area contributed by atoms with Crippen molar-refractivity contribution in [3.05, 3.63) is 58.3 Å². The fraction of sp³-hybridized carbons (Fsp3) is 0.154. The van der Waals surface area contributed by atoms with E-state index in [9.17, 15) is 0 Å². The number of benzene rings is 1. The topological polar surface area (TPSA) is 24.9 Å². The lowest BCUT2D eigenvalue weighted by Crippen LogP contribution is -1.99. The van der Waals surface area contributed by atoms with Gasteiger partial charge in [-0.3, -0.25) is 4.98 Å². The van der Waals surface area contributed by atoms with Crippen molar-refractivity contribution in [1.29, 1.82) is 0 Å². The number of anilines is 1. The molecule has 1 aromatic heterocycles. The van der Waals surface area contributed by atoms with Gasteiger partial charge in [-0.15, -0.1) is 0 Å². The molecule has 1 N–H and O–H groups in total. The molecule has 0 saturated carbocycles. The zero-order chi connectivity index (χ0) is 11.4. The number of halogens is 1. The summed E-state index contributed by atoms with van der Waals surface area (Å²) in [5.74, 6) is 0. The van der Waals surface area contributed by atoms with Gasteiger partial charge in [-0.25, -0.2) is 0 Å². The van der Waals surface area contributed by atoms with Gasteiger partial charge >= 0.3 is 0 Å². The zero-order valence-corrected chi connectivity index (χ0v) is 10.7. The van der Waals surface area contributed by atoms with Gasteiger partial charge in [0.15, 0.2) is 0 Å². The van der Waals surface area contributed by atoms with Crippen molar-refractivity contribution < 1.29 is 0 Å². The lowest BCUT2D eigenvalue weighted by Gasteiger charge is -2.07. The Hall–Kier alpha value is -1.35. The average Bonchev–Trinajstić information content (AvgIpc) is 2.32. The highest BCUT2D eigenvalue weighted by Crippen LogP contribution is 2.18. The molecular formula is C13H13BrN2. The molecule has 3 heteroatoms. The van der Waals surface area contributed by atoms with E-state index >= 15 is 0 Å². The Labute approximate surface area is 104 Å². The van der Waals surface area contributed by atoms with Crippen LogP contribution in [0.2, 0.25) is 0 Å². The SMILES string of the molecule is Cc1ccc(CNc2cccnc2)cc1Br. The minimum atomic E-state index is 0.810. The second-order valence-corrected chi connectivity index (χ2v) is 4.53. The van der Waals surface area contributed by atoms with Crippen molar-refractivity contribution in [2.75, 3.05) is 5.32 Å². The molecule has 0 saturated heterocycles. The van der Waals surface area contributed by atoms with Crippen LogP contribution in [0.3, 0.4) is 0 Å². The van der Waals surface area contributed by atoms with Crippen molar-refractivity contribution in [2.45, 2.75) is 13.5 Å². The monoisotopic (exact) mass is 276 g/mol. The first-order chi connectivity index (χ1) is 7.75. The van der Waals surface area contributed by atoms with Crippen molar-refractivity contribution in [1.82, 2.24) is 4.98 Å². The van der Waals surface area contributed by atoms with Crippen LogP contribution in [0.1, 0.15) is 11.1 Å². The largest absolute Gasteiger partial charge is 0.380 e. The predicted octanol–water partition coefficient (Wildman–Crippen LogP) is 3.76. The molecule has 1 heterocycles. The highest BCUT2D eigenvalue weighted by molar-refractivity contribution is 9.10. The standard InChI is InChI=1S/C13H13BrN2/c1-10-4-5-11(7-13(10)14)8-16-12-3-2-6-15-9-12/h2-7,9,16H,8H2,1H3. The number of rotatable bonds is 3. The Bertz CT molecular complexity index is 469. The summed E-state index contributed by atoms with van der Waals surface area (Å²) in [4.78, 5) is 4.06. The van der Waals surface area contributed by atoms with Gasteiger partial charge in [-0.05, 0) is 36.2 Å². The summed E-state index contributed by atoms with van der Waals surface area (Å²) < 4.78 is 1.15. The van der Waals surface area contributed by atoms with Gasteiger partial charge in [0.25, 0.3) is 0 Å². The molecule has 16 heavy (non-hydrogen) atoms. The van der Waals surface area contributed by atoms with E-state index in [0.29, 0.717) is 0 Å². The summed E-state index contributed by atoms with van der Waals surface area (Å²) in [6.07, 6.45) is 3.59. The average molecular weight is 277 g/mol. The number of hydrogen-bond acceptors (Lipinski definition) is 2. The number of pyridine rings is 1. The fourth-order valence-corrected chi connectivity index (χ4v) is 1.84. The van der Waals surface area contributed by atoms with Crippen LogP contribution in [0.15, 0.2) is 47.2 Å². The maximum Gasteiger partial charge on any atom is 0.0529 e. The predicted molar refractivity (Wildman–Crippen MR) is 70.4 cm³/mol. The molecule has 0 aliphatic rings. The van der Waals surface area contributed by atoms with E-state index < -0.39 is 0 Å². The molecular weight excluding hydrogens is 264 g/mol. The molecule has 2 nitrogen and oxygen atoms in total. The van der Waals surface area contributed by atoms with Gasteiger partial charge in [0, 0.05) is 23.4 Å². The number of nitrogens with one attached hydrogen (secondary N) is 1. The Kier molecular flexibility index (Phi) is 3.57. The van der Waals surface area contributed by atoms with Crippen LogP contribution in [-0.4, -0.2) is 4.98 Å². The van der Waals surface area contributed by atoms with Crippen LogP contribution >= 0.6 is 15.9 Å². The first-order valence-electron chi connectivity index (χ1n) is 5.14. The highest BCUT2D eigenvalue weighted by atomic mass is 79.9. The summed E-state index contributed by atoms with van der Waals surface area (Å²) in [7, 11) is 0. The van der Waals surface area contributed by atoms with E-state index in [4.69, 9.17) is 0 Å². The summed E-state index contributed by atoms with van der Waals surface area (Å²) in [5, 5.41) is 3.32. The third kappa shape index (κ3) is 2.83. The van der Waals surface area contributed by atoms with Gasteiger partial charge in [0.05, 0.1) is 5.69 Å². The van der Waals surface area contributed by atoms with E-state index in [1.807, 2.05) is 18.3 Å². The maximum absolute atomic E-state index is 4.06. The van der Waals surface area contributed by atoms with Crippen LogP contribution in [0, 0.1) is 6.92 Å². The minimum absolute atomic E-state index is 0.810. The maximum atomic E-state index is 4.06. The van der Waals surface area contributed by atoms with E-state index in [0.717, 1.165) is 16.7 Å². The Morgan fingerprint density at radius 2 is 2.19 bits per heavy atom. The van der Waals surface area contributed by atoms with Crippen LogP contribution < -0.4 is 5.32 Å². The zero-order valence-electron chi connectivity index (χ0n) is 9.07. The van der Waals surface area contributed by atoms with Crippen LogP contribution in [0.4, 0.5) is 5.69 Å². The van der Waals surface area contributed by atoms with E-state index in [-0.39, 0.29) is 0 Å². The summed E-state index contributed by atoms with van der Waals surface area (Å²) in [5.41, 5.74) is 3.55. The third-order valence-corrected chi connectivity index (χ3v) is 3.25. The van der Waals surface area contributed by atoms with Crippen molar-refractivity contribution in [2.24, 2.45) is 0 Å². The van der Waals surface area contributed by atoms with Gasteiger partial charge in [0.1, 0.15) is 0 Å². The van der Waals surface area contributed by atoms with Crippen molar-refractivity contribution in [3.63, 3.8) is 0 Å². The van der Waals surface area contributed by atoms with Crippen molar-refractivity contribution in [3.8, 4) is 0 Å². The van der Waals surface area contributed by atoms with Gasteiger partial charge in [0.2, 0.25) is 0 Å². The number of nitrogens with zero attached hydrogens (tertiary/aromatic N) is 1. The fourth-order valence-electron chi connectivity index (χ4n) is 1.42. The molecule has 0 unspecified atom stereocenters. The van der Waals surface area contributed by atoms with Crippen molar-refractivity contribution >= 4 is 21.6 Å². The molecule has 1 aromatic carbocycles. The molecule has 82 valence electrons. The van der Waals surface area contributed by atoms with E-state index in [2.05, 4.69) is 51.4 Å². The van der Waals surface area contributed by atoms with E-state index in [1.54, 1.807) is 6.20 Å². The Balaban J connectivity index is 2.03. The minimum Gasteiger partial charge on any atom is -0.380 e. The normalized spacial score (nSPS) is 10.1. The second-order valence-electron chi connectivity index (χ2n) is 3.68. The molecule has 2 aromatic rings. The smallest absolute Gasteiger partial charge is 0.0529 e. The first kappa shape index (κ1) is 11.1. The molecule has 0 aliphatic carbocycles. The number of aryl methyl sites for hydroxylation is 1. The quantitative estimate of drug-likeness (QED) is 0.923. The van der Waals surface area contributed by atoms with Crippen LogP contribution in [-0.2, 0) is 6.54 Å². The molecule has 0 spiro atoms. The molecule has 0 amide bonds.